The molecule has 0 aromatic rings. The maximum atomic E-state index is 8.46. The molecule has 0 saturated heterocycles. The van der Waals surface area contributed by atoms with Crippen LogP contribution in [0.15, 0.2) is 0 Å². The second kappa shape index (κ2) is 23.0. The van der Waals surface area contributed by atoms with E-state index >= 15 is 0 Å². The first-order valence-electron chi connectivity index (χ1n) is 36.2. The normalized spacial score (nSPS) is 51.9. The van der Waals surface area contributed by atoms with Gasteiger partial charge in [-0.15, -0.1) is 0 Å². The van der Waals surface area contributed by atoms with Crippen molar-refractivity contribution in [3.8, 4) is 6.07 Å². The highest BCUT2D eigenvalue weighted by atomic mass is 14.8. The maximum Gasteiger partial charge on any atom is 0.0621 e. The molecule has 0 aromatic heterocycles. The summed E-state index contributed by atoms with van der Waals surface area (Å²) in [5, 5.41) is 8.46. The number of hydrogen-bond donors (Lipinski definition) is 0. The zero-order valence-electron chi connectivity index (χ0n) is 50.3. The summed E-state index contributed by atoms with van der Waals surface area (Å²) in [5.41, 5.74) is 0. The van der Waals surface area contributed by atoms with E-state index in [1.54, 1.807) is 89.9 Å². The molecule has 422 valence electrons. The van der Waals surface area contributed by atoms with Gasteiger partial charge in [-0.1, -0.05) is 170 Å². The first-order chi connectivity index (χ1) is 36.8. The molecule has 75 heavy (non-hydrogen) atoms. The molecule has 0 spiro atoms. The summed E-state index contributed by atoms with van der Waals surface area (Å²) in [6.45, 7) is 14.0. The quantitative estimate of drug-likeness (QED) is 0.0830. The summed E-state index contributed by atoms with van der Waals surface area (Å²) < 4.78 is 0. The molecular formula is C74H121N. The second-order valence-corrected chi connectivity index (χ2v) is 32.9. The SMILES string of the molecule is CCC(C)C.CCC1CC2CC1C1C3CC(C21)C1C2CC(C4C5CCC(C5)C24)C31.CCCCCCCCCCCCCCCCCCCCCC#N.C[C@@H]1CC2CC1C1C3CC(C21)C1C2CC(C4C5CCC(C5)C24)C31. The van der Waals surface area contributed by atoms with Crippen molar-refractivity contribution in [2.24, 2.45) is 183 Å². The summed E-state index contributed by atoms with van der Waals surface area (Å²) in [6.07, 6.45) is 53.7. The number of nitrogens with zero attached hydrogens (tertiary/aromatic N) is 1. The number of nitriles is 1. The molecule has 16 fully saturated rings. The van der Waals surface area contributed by atoms with Crippen LogP contribution >= 0.6 is 0 Å². The van der Waals surface area contributed by atoms with Gasteiger partial charge in [-0.25, -0.2) is 0 Å². The van der Waals surface area contributed by atoms with Gasteiger partial charge in [0.2, 0.25) is 0 Å². The summed E-state index contributed by atoms with van der Waals surface area (Å²) >= 11 is 0. The minimum Gasteiger partial charge on any atom is -0.198 e. The Morgan fingerprint density at radius 3 is 1.00 bits per heavy atom. The monoisotopic (exact) mass is 1020 g/mol. The van der Waals surface area contributed by atoms with Crippen LogP contribution in [0, 0.1) is 195 Å². The van der Waals surface area contributed by atoms with Gasteiger partial charge in [-0.2, -0.15) is 5.26 Å². The molecule has 0 N–H and O–H groups in total. The molecule has 16 aliphatic rings. The first-order valence-corrected chi connectivity index (χ1v) is 36.2. The Kier molecular flexibility index (Phi) is 16.5. The van der Waals surface area contributed by atoms with E-state index in [0.29, 0.717) is 0 Å². The molecule has 0 radical (unpaired) electrons. The van der Waals surface area contributed by atoms with E-state index < -0.39 is 0 Å². The molecule has 0 amide bonds. The van der Waals surface area contributed by atoms with Crippen molar-refractivity contribution in [2.75, 3.05) is 0 Å². The Hall–Kier alpha value is -0.510. The minimum atomic E-state index is 0.749. The molecule has 30 atom stereocenters. The summed E-state index contributed by atoms with van der Waals surface area (Å²) in [4.78, 5) is 0. The van der Waals surface area contributed by atoms with E-state index in [1.807, 2.05) is 0 Å². The number of unbranched alkanes of at least 4 members (excludes halogenated alkanes) is 19. The van der Waals surface area contributed by atoms with Crippen LogP contribution in [-0.2, 0) is 0 Å². The van der Waals surface area contributed by atoms with Crippen LogP contribution in [-0.4, -0.2) is 0 Å². The lowest BCUT2D eigenvalue weighted by molar-refractivity contribution is -0.0379. The molecule has 1 heteroatoms. The molecule has 1 nitrogen and oxygen atoms in total. The highest BCUT2D eigenvalue weighted by Gasteiger charge is 2.78. The lowest BCUT2D eigenvalue weighted by atomic mass is 9.54. The van der Waals surface area contributed by atoms with Gasteiger partial charge in [0.05, 0.1) is 6.07 Å². The van der Waals surface area contributed by atoms with Crippen molar-refractivity contribution >= 4 is 0 Å². The molecule has 16 rings (SSSR count). The highest BCUT2D eigenvalue weighted by molar-refractivity contribution is 5.25. The van der Waals surface area contributed by atoms with Crippen molar-refractivity contribution in [2.45, 2.75) is 273 Å². The molecule has 16 saturated carbocycles. The van der Waals surface area contributed by atoms with Crippen molar-refractivity contribution in [3.05, 3.63) is 0 Å². The van der Waals surface area contributed by atoms with Crippen LogP contribution in [0.2, 0.25) is 0 Å². The van der Waals surface area contributed by atoms with E-state index in [-0.39, 0.29) is 0 Å². The van der Waals surface area contributed by atoms with Crippen molar-refractivity contribution in [1.29, 1.82) is 5.26 Å². The molecular weight excluding hydrogens is 903 g/mol. The van der Waals surface area contributed by atoms with Gasteiger partial charge in [0.15, 0.2) is 0 Å². The maximum absolute atomic E-state index is 8.46. The Labute approximate surface area is 465 Å². The van der Waals surface area contributed by atoms with Gasteiger partial charge in [-0.05, 0) is 280 Å². The summed E-state index contributed by atoms with van der Waals surface area (Å²) in [6, 6.07) is 2.22. The summed E-state index contributed by atoms with van der Waals surface area (Å²) in [5.74, 6) is 37.4. The van der Waals surface area contributed by atoms with Crippen LogP contribution in [0.3, 0.4) is 0 Å². The number of fused-ring (bicyclic) bond motifs is 46. The molecule has 16 aliphatic carbocycles. The fraction of sp³-hybridized carbons (Fsp3) is 0.986. The van der Waals surface area contributed by atoms with Crippen LogP contribution in [0.4, 0.5) is 0 Å². The van der Waals surface area contributed by atoms with Crippen LogP contribution < -0.4 is 0 Å². The largest absolute Gasteiger partial charge is 0.198 e. The number of hydrogen-bond acceptors (Lipinski definition) is 1. The smallest absolute Gasteiger partial charge is 0.0621 e. The topological polar surface area (TPSA) is 23.8 Å². The standard InChI is InChI=1S/C24H34.C23H32.C22H43N.C5H12/c1-2-10-5-13-7-14(10)22-18-9-17(21(13)22)23-15-8-16(24(18)23)20-12-4-3-11(6-12)19(15)20;1-9-4-12-6-13(9)21-17-8-16(20(12)21)22-14-7-15(23(17)22)19-11-3-2-10(5-11)18(14)19;1-2-3-4-5-6-7-8-9-10-11-12-13-14-15-16-17-18-19-20-21-22-23;1-4-5(2)3/h10-24H,2-9H2,1H3;9-23H,2-8H2,1H3;2-21H2,1H3;5H,4H2,1-3H3/t;9-,10?,11?,12?,13?,14?,15?,16?,17?,18?,19?,20?,21?,22?,23?;;/m.1../s1. The van der Waals surface area contributed by atoms with Crippen molar-refractivity contribution in [1.82, 2.24) is 0 Å². The predicted octanol–water partition coefficient (Wildman–Crippen LogP) is 21.0. The average Bonchev–Trinajstić information content (AvgIpc) is 4.32. The molecule has 16 bridgehead atoms. The van der Waals surface area contributed by atoms with E-state index in [0.717, 1.165) is 30.6 Å². The molecule has 0 aromatic carbocycles. The first kappa shape index (κ1) is 53.8. The lowest BCUT2D eigenvalue weighted by Crippen LogP contribution is -2.47. The van der Waals surface area contributed by atoms with E-state index in [9.17, 15) is 0 Å². The minimum absolute atomic E-state index is 0.749. The van der Waals surface area contributed by atoms with Crippen LogP contribution in [0.5, 0.6) is 0 Å². The Morgan fingerprint density at radius 1 is 0.333 bits per heavy atom. The summed E-state index contributed by atoms with van der Waals surface area (Å²) in [7, 11) is 0. The number of rotatable bonds is 21. The fourth-order valence-electron chi connectivity index (χ4n) is 28.3. The molecule has 0 aliphatic heterocycles. The van der Waals surface area contributed by atoms with Crippen molar-refractivity contribution in [3.63, 3.8) is 0 Å². The van der Waals surface area contributed by atoms with E-state index in [2.05, 4.69) is 47.6 Å². The average molecular weight is 1020 g/mol. The van der Waals surface area contributed by atoms with Gasteiger partial charge < -0.3 is 0 Å². The van der Waals surface area contributed by atoms with E-state index in [1.165, 1.54) is 294 Å². The van der Waals surface area contributed by atoms with E-state index in [4.69, 9.17) is 5.26 Å². The van der Waals surface area contributed by atoms with Crippen LogP contribution in [0.25, 0.3) is 0 Å². The molecule has 29 unspecified atom stereocenters. The fourth-order valence-corrected chi connectivity index (χ4v) is 28.3. The van der Waals surface area contributed by atoms with Gasteiger partial charge in [0.25, 0.3) is 0 Å². The third-order valence-corrected chi connectivity index (χ3v) is 30.0. The highest BCUT2D eigenvalue weighted by Crippen LogP contribution is 2.83. The predicted molar refractivity (Wildman–Crippen MR) is 314 cm³/mol. The third-order valence-electron chi connectivity index (χ3n) is 30.0. The Bertz CT molecular complexity index is 1910. The Morgan fingerprint density at radius 2 is 0.640 bits per heavy atom. The van der Waals surface area contributed by atoms with Crippen molar-refractivity contribution < 1.29 is 0 Å². The third kappa shape index (κ3) is 9.25. The zero-order chi connectivity index (χ0) is 51.1. The zero-order valence-corrected chi connectivity index (χ0v) is 50.3. The van der Waals surface area contributed by atoms with Gasteiger partial charge in [0, 0.05) is 6.42 Å². The molecule has 0 heterocycles. The van der Waals surface area contributed by atoms with Gasteiger partial charge in [-0.3, -0.25) is 0 Å². The van der Waals surface area contributed by atoms with Crippen LogP contribution in [0.1, 0.15) is 273 Å². The van der Waals surface area contributed by atoms with Gasteiger partial charge >= 0.3 is 0 Å². The second-order valence-electron chi connectivity index (χ2n) is 32.9. The van der Waals surface area contributed by atoms with Gasteiger partial charge in [0.1, 0.15) is 0 Å². The Balaban J connectivity index is 0.000000103. The lowest BCUT2D eigenvalue weighted by Gasteiger charge is -2.51.